The molecular formula is C31H41N2O2+. The molecule has 0 bridgehead atoms. The molecule has 35 heavy (non-hydrogen) atoms. The highest BCUT2D eigenvalue weighted by atomic mass is 16.4. The van der Waals surface area contributed by atoms with Gasteiger partial charge in [0.1, 0.15) is 5.52 Å². The zero-order valence-electron chi connectivity index (χ0n) is 21.6. The van der Waals surface area contributed by atoms with Crippen LogP contribution in [-0.2, 0) is 19.4 Å². The van der Waals surface area contributed by atoms with Gasteiger partial charge in [0, 0.05) is 24.5 Å². The second-order valence-electron chi connectivity index (χ2n) is 9.62. The van der Waals surface area contributed by atoms with Crippen LogP contribution in [0, 0.1) is 0 Å². The van der Waals surface area contributed by atoms with Gasteiger partial charge < -0.3 is 8.83 Å². The van der Waals surface area contributed by atoms with E-state index in [0.29, 0.717) is 6.42 Å². The van der Waals surface area contributed by atoms with Crippen LogP contribution in [0.15, 0.2) is 57.4 Å². The monoisotopic (exact) mass is 473 g/mol. The predicted octanol–water partition coefficient (Wildman–Crippen LogP) is 8.60. The molecule has 4 nitrogen and oxygen atoms in total. The van der Waals surface area contributed by atoms with Crippen molar-refractivity contribution in [3.63, 3.8) is 0 Å². The molecule has 4 heteroatoms. The van der Waals surface area contributed by atoms with E-state index in [-0.39, 0.29) is 0 Å². The molecule has 0 unspecified atom stereocenters. The average molecular weight is 474 g/mol. The third-order valence-corrected chi connectivity index (χ3v) is 6.76. The van der Waals surface area contributed by atoms with Crippen molar-refractivity contribution in [3.8, 4) is 0 Å². The van der Waals surface area contributed by atoms with Gasteiger partial charge in [-0.15, -0.1) is 0 Å². The number of hydrogen-bond donors (Lipinski definition) is 0. The summed E-state index contributed by atoms with van der Waals surface area (Å²) in [5.41, 5.74) is 5.43. The Bertz CT molecular complexity index is 1180. The molecule has 0 spiro atoms. The van der Waals surface area contributed by atoms with Gasteiger partial charge in [0.2, 0.25) is 5.58 Å². The minimum Gasteiger partial charge on any atom is -0.440 e. The second-order valence-corrected chi connectivity index (χ2v) is 9.62. The standard InChI is InChI=1S/C31H41N2O2/c1-3-5-7-9-11-17-25-18-15-21-28-31(25)33(24-14-10-8-6-4-2)30(35-28)23-16-22-29-32-26-19-12-13-20-27(26)34-29/h12-13,15-16,18-21,23H,3-11,14,17,22,24H2,1-2H3/q+1. The van der Waals surface area contributed by atoms with Gasteiger partial charge in [0.05, 0.1) is 0 Å². The summed E-state index contributed by atoms with van der Waals surface area (Å²) in [4.78, 5) is 4.60. The summed E-state index contributed by atoms with van der Waals surface area (Å²) in [5.74, 6) is 1.66. The van der Waals surface area contributed by atoms with Crippen LogP contribution in [-0.4, -0.2) is 4.98 Å². The van der Waals surface area contributed by atoms with Crippen molar-refractivity contribution < 1.29 is 13.4 Å². The topological polar surface area (TPSA) is 43.1 Å². The van der Waals surface area contributed by atoms with Crippen molar-refractivity contribution in [2.45, 2.75) is 97.4 Å². The number of rotatable bonds is 15. The molecule has 0 fully saturated rings. The number of fused-ring (bicyclic) bond motifs is 2. The number of benzene rings is 2. The molecule has 2 heterocycles. The number of aryl methyl sites for hydroxylation is 2. The molecule has 2 aromatic carbocycles. The van der Waals surface area contributed by atoms with E-state index in [0.717, 1.165) is 41.4 Å². The van der Waals surface area contributed by atoms with Gasteiger partial charge in [-0.05, 0) is 37.5 Å². The number of allylic oxidation sites excluding steroid dienone is 1. The molecular weight excluding hydrogens is 432 g/mol. The lowest BCUT2D eigenvalue weighted by atomic mass is 10.0. The Kier molecular flexibility index (Phi) is 9.56. The summed E-state index contributed by atoms with van der Waals surface area (Å²) in [7, 11) is 0. The van der Waals surface area contributed by atoms with Gasteiger partial charge in [-0.25, -0.2) is 4.98 Å². The molecule has 0 aliphatic rings. The normalized spacial score (nSPS) is 11.9. The maximum Gasteiger partial charge on any atom is 0.373 e. The lowest BCUT2D eigenvalue weighted by molar-refractivity contribution is -0.678. The molecule has 0 amide bonds. The van der Waals surface area contributed by atoms with Gasteiger partial charge >= 0.3 is 5.89 Å². The van der Waals surface area contributed by atoms with Gasteiger partial charge in [0.25, 0.3) is 5.52 Å². The fourth-order valence-corrected chi connectivity index (χ4v) is 4.84. The van der Waals surface area contributed by atoms with Crippen LogP contribution in [0.25, 0.3) is 28.3 Å². The second kappa shape index (κ2) is 13.3. The third-order valence-electron chi connectivity index (χ3n) is 6.76. The summed E-state index contributed by atoms with van der Waals surface area (Å²) < 4.78 is 14.7. The van der Waals surface area contributed by atoms with Crippen molar-refractivity contribution in [2.75, 3.05) is 0 Å². The molecule has 0 radical (unpaired) electrons. The highest BCUT2D eigenvalue weighted by Gasteiger charge is 2.23. The molecule has 0 aliphatic heterocycles. The zero-order chi connectivity index (χ0) is 24.3. The van der Waals surface area contributed by atoms with E-state index in [4.69, 9.17) is 8.83 Å². The predicted molar refractivity (Wildman–Crippen MR) is 144 cm³/mol. The van der Waals surface area contributed by atoms with Crippen LogP contribution in [0.4, 0.5) is 0 Å². The number of para-hydroxylation sites is 3. The zero-order valence-corrected chi connectivity index (χ0v) is 21.6. The van der Waals surface area contributed by atoms with Gasteiger partial charge in [-0.3, -0.25) is 0 Å². The first-order chi connectivity index (χ1) is 17.3. The van der Waals surface area contributed by atoms with Crippen molar-refractivity contribution in [1.29, 1.82) is 0 Å². The maximum absolute atomic E-state index is 6.38. The van der Waals surface area contributed by atoms with Crippen LogP contribution in [0.5, 0.6) is 0 Å². The molecule has 0 saturated heterocycles. The summed E-state index contributed by atoms with van der Waals surface area (Å²) in [6, 6.07) is 14.5. The van der Waals surface area contributed by atoms with Crippen LogP contribution < -0.4 is 4.57 Å². The van der Waals surface area contributed by atoms with E-state index < -0.39 is 0 Å². The quantitative estimate of drug-likeness (QED) is 0.128. The largest absolute Gasteiger partial charge is 0.440 e. The van der Waals surface area contributed by atoms with Crippen LogP contribution in [0.3, 0.4) is 0 Å². The summed E-state index contributed by atoms with van der Waals surface area (Å²) >= 11 is 0. The van der Waals surface area contributed by atoms with Crippen LogP contribution >= 0.6 is 0 Å². The van der Waals surface area contributed by atoms with Crippen molar-refractivity contribution in [2.24, 2.45) is 0 Å². The maximum atomic E-state index is 6.38. The number of hydrogen-bond acceptors (Lipinski definition) is 3. The van der Waals surface area contributed by atoms with Crippen molar-refractivity contribution in [3.05, 3.63) is 65.9 Å². The molecule has 186 valence electrons. The number of unbranched alkanes of at least 4 members (excludes halogenated alkanes) is 8. The molecule has 4 aromatic rings. The summed E-state index contributed by atoms with van der Waals surface area (Å²) in [6.07, 6.45) is 18.8. The lowest BCUT2D eigenvalue weighted by Gasteiger charge is -2.03. The highest BCUT2D eigenvalue weighted by molar-refractivity contribution is 5.74. The summed E-state index contributed by atoms with van der Waals surface area (Å²) in [6.45, 7) is 5.53. The number of oxazole rings is 2. The smallest absolute Gasteiger partial charge is 0.373 e. The fraction of sp³-hybridized carbons (Fsp3) is 0.484. The van der Waals surface area contributed by atoms with Gasteiger partial charge in [-0.2, -0.15) is 4.57 Å². The SMILES string of the molecule is CCCCCCCc1cccc2oc(C=CCc3nc4ccccc4o3)[n+](CCCCCCC)c12. The first kappa shape index (κ1) is 25.2. The Morgan fingerprint density at radius 1 is 0.771 bits per heavy atom. The van der Waals surface area contributed by atoms with E-state index in [1.165, 1.54) is 75.3 Å². The van der Waals surface area contributed by atoms with E-state index in [9.17, 15) is 0 Å². The Balaban J connectivity index is 1.53. The molecule has 0 aliphatic carbocycles. The van der Waals surface area contributed by atoms with Gasteiger partial charge in [-0.1, -0.05) is 89.1 Å². The molecule has 0 N–H and O–H groups in total. The first-order valence-electron chi connectivity index (χ1n) is 13.8. The average Bonchev–Trinajstić information content (AvgIpc) is 3.45. The molecule has 2 aromatic heterocycles. The first-order valence-corrected chi connectivity index (χ1v) is 13.8. The fourth-order valence-electron chi connectivity index (χ4n) is 4.84. The van der Waals surface area contributed by atoms with Crippen molar-refractivity contribution in [1.82, 2.24) is 4.98 Å². The molecule has 4 rings (SSSR count). The van der Waals surface area contributed by atoms with Crippen molar-refractivity contribution >= 4 is 28.3 Å². The number of nitrogens with zero attached hydrogens (tertiary/aromatic N) is 2. The highest BCUT2D eigenvalue weighted by Crippen LogP contribution is 2.22. The van der Waals surface area contributed by atoms with Gasteiger partial charge in [0.15, 0.2) is 18.0 Å². The number of aromatic nitrogens is 2. The molecule has 0 saturated carbocycles. The Labute approximate surface area is 210 Å². The van der Waals surface area contributed by atoms with Crippen LogP contribution in [0.1, 0.15) is 95.4 Å². The van der Waals surface area contributed by atoms with Crippen LogP contribution in [0.2, 0.25) is 0 Å². The van der Waals surface area contributed by atoms with E-state index >= 15 is 0 Å². The third kappa shape index (κ3) is 6.84. The van der Waals surface area contributed by atoms with E-state index in [1.807, 2.05) is 24.3 Å². The molecule has 0 atom stereocenters. The Hall–Kier alpha value is -2.88. The van der Waals surface area contributed by atoms with E-state index in [1.54, 1.807) is 0 Å². The minimum atomic E-state index is 0.645. The lowest BCUT2D eigenvalue weighted by Crippen LogP contribution is -2.36. The Morgan fingerprint density at radius 3 is 2.31 bits per heavy atom. The van der Waals surface area contributed by atoms with E-state index in [2.05, 4.69) is 53.7 Å². The summed E-state index contributed by atoms with van der Waals surface area (Å²) in [5, 5.41) is 0. The Morgan fingerprint density at radius 2 is 1.51 bits per heavy atom. The minimum absolute atomic E-state index is 0.645.